The van der Waals surface area contributed by atoms with Crippen LogP contribution in [0.5, 0.6) is 0 Å². The first-order valence-corrected chi connectivity index (χ1v) is 9.02. The molecule has 1 aliphatic heterocycles. The lowest BCUT2D eigenvalue weighted by Gasteiger charge is -2.44. The van der Waals surface area contributed by atoms with Crippen LogP contribution in [0.3, 0.4) is 0 Å². The van der Waals surface area contributed by atoms with Gasteiger partial charge in [-0.3, -0.25) is 9.78 Å². The molecule has 5 heteroatoms. The molecule has 0 radical (unpaired) electrons. The number of aromatic nitrogens is 1. The van der Waals surface area contributed by atoms with E-state index in [1.807, 2.05) is 23.1 Å². The van der Waals surface area contributed by atoms with Gasteiger partial charge in [0, 0.05) is 24.4 Å². The fourth-order valence-electron chi connectivity index (χ4n) is 3.85. The topological polar surface area (TPSA) is 51.7 Å². The van der Waals surface area contributed by atoms with E-state index in [1.54, 1.807) is 6.20 Å². The Labute approximate surface area is 144 Å². The van der Waals surface area contributed by atoms with Gasteiger partial charge in [0.15, 0.2) is 0 Å². The molecular formula is C19H28N2O3. The number of carbonyl (C=O) groups is 1. The highest BCUT2D eigenvalue weighted by atomic mass is 16.5. The van der Waals surface area contributed by atoms with Gasteiger partial charge in [-0.05, 0) is 38.8 Å². The molecule has 1 amide bonds. The number of hydrogen-bond donors (Lipinski definition) is 0. The van der Waals surface area contributed by atoms with Gasteiger partial charge in [-0.2, -0.15) is 0 Å². The van der Waals surface area contributed by atoms with Crippen LogP contribution >= 0.6 is 0 Å². The molecule has 2 aliphatic rings. The average molecular weight is 332 g/mol. The zero-order valence-corrected chi connectivity index (χ0v) is 14.7. The molecule has 2 heterocycles. The van der Waals surface area contributed by atoms with Crippen LogP contribution in [0.2, 0.25) is 0 Å². The van der Waals surface area contributed by atoms with Crippen LogP contribution in [0.15, 0.2) is 24.4 Å². The molecule has 5 nitrogen and oxygen atoms in total. The van der Waals surface area contributed by atoms with Crippen LogP contribution in [0.25, 0.3) is 0 Å². The minimum Gasteiger partial charge on any atom is -0.378 e. The minimum atomic E-state index is -0.215. The van der Waals surface area contributed by atoms with Gasteiger partial charge in [0.25, 0.3) is 0 Å². The van der Waals surface area contributed by atoms with E-state index in [9.17, 15) is 4.79 Å². The number of morpholine rings is 1. The van der Waals surface area contributed by atoms with Crippen LogP contribution in [-0.2, 0) is 20.7 Å². The van der Waals surface area contributed by atoms with Gasteiger partial charge in [-0.1, -0.05) is 12.5 Å². The van der Waals surface area contributed by atoms with Crippen molar-refractivity contribution in [1.29, 1.82) is 0 Å². The molecule has 24 heavy (non-hydrogen) atoms. The minimum absolute atomic E-state index is 0.145. The number of nitrogens with zero attached hydrogens (tertiary/aromatic N) is 2. The number of rotatable bonds is 5. The highest BCUT2D eigenvalue weighted by molar-refractivity contribution is 5.78. The number of pyridine rings is 1. The molecule has 0 aromatic carbocycles. The van der Waals surface area contributed by atoms with E-state index in [-0.39, 0.29) is 17.6 Å². The fraction of sp³-hybridized carbons (Fsp3) is 0.684. The molecule has 0 N–H and O–H groups in total. The summed E-state index contributed by atoms with van der Waals surface area (Å²) in [5, 5.41) is 0. The Morgan fingerprint density at radius 1 is 1.50 bits per heavy atom. The van der Waals surface area contributed by atoms with Gasteiger partial charge in [-0.15, -0.1) is 0 Å². The lowest BCUT2D eigenvalue weighted by molar-refractivity contribution is -0.162. The van der Waals surface area contributed by atoms with Gasteiger partial charge in [0.05, 0.1) is 37.9 Å². The van der Waals surface area contributed by atoms with Gasteiger partial charge in [0.2, 0.25) is 5.91 Å². The van der Waals surface area contributed by atoms with Gasteiger partial charge < -0.3 is 14.4 Å². The van der Waals surface area contributed by atoms with Crippen molar-refractivity contribution < 1.29 is 14.3 Å². The van der Waals surface area contributed by atoms with Crippen LogP contribution in [0.1, 0.15) is 38.8 Å². The fourth-order valence-corrected chi connectivity index (χ4v) is 3.85. The first kappa shape index (κ1) is 17.4. The number of hydrogen-bond acceptors (Lipinski definition) is 4. The molecule has 132 valence electrons. The molecule has 1 spiro atoms. The molecule has 2 fully saturated rings. The Balaban J connectivity index is 1.63. The molecule has 1 aromatic heterocycles. The maximum atomic E-state index is 12.7. The van der Waals surface area contributed by atoms with Crippen LogP contribution in [0, 0.1) is 5.92 Å². The molecular weight excluding hydrogens is 304 g/mol. The predicted octanol–water partition coefficient (Wildman–Crippen LogP) is 2.45. The molecule has 2 atom stereocenters. The second-order valence-corrected chi connectivity index (χ2v) is 7.20. The predicted molar refractivity (Wildman–Crippen MR) is 91.6 cm³/mol. The number of amides is 1. The van der Waals surface area contributed by atoms with Crippen molar-refractivity contribution in [3.05, 3.63) is 30.1 Å². The summed E-state index contributed by atoms with van der Waals surface area (Å²) >= 11 is 0. The zero-order valence-electron chi connectivity index (χ0n) is 14.7. The quantitative estimate of drug-likeness (QED) is 0.831. The van der Waals surface area contributed by atoms with Crippen molar-refractivity contribution in [2.24, 2.45) is 5.92 Å². The third kappa shape index (κ3) is 3.95. The lowest BCUT2D eigenvalue weighted by Crippen LogP contribution is -2.56. The maximum Gasteiger partial charge on any atom is 0.228 e. The van der Waals surface area contributed by atoms with E-state index >= 15 is 0 Å². The first-order chi connectivity index (χ1) is 11.6. The van der Waals surface area contributed by atoms with E-state index in [0.29, 0.717) is 32.0 Å². The Morgan fingerprint density at radius 2 is 2.38 bits per heavy atom. The molecule has 1 saturated carbocycles. The molecule has 0 unspecified atom stereocenters. The standard InChI is InChI=1S/C19H28N2O3/c1-15(2)23-13-16-6-5-8-19(16)14-21(10-11-24-19)18(22)12-17-7-3-4-9-20-17/h3-4,7,9,15-16H,5-6,8,10-14H2,1-2H3/t16-,19+/m0/s1. The van der Waals surface area contributed by atoms with Crippen LogP contribution < -0.4 is 0 Å². The summed E-state index contributed by atoms with van der Waals surface area (Å²) < 4.78 is 12.1. The van der Waals surface area contributed by atoms with Crippen LogP contribution in [-0.4, -0.2) is 53.8 Å². The van der Waals surface area contributed by atoms with Gasteiger partial charge in [0.1, 0.15) is 0 Å². The number of ether oxygens (including phenoxy) is 2. The van der Waals surface area contributed by atoms with Crippen molar-refractivity contribution in [3.8, 4) is 0 Å². The second-order valence-electron chi connectivity index (χ2n) is 7.20. The first-order valence-electron chi connectivity index (χ1n) is 9.02. The van der Waals surface area contributed by atoms with Crippen molar-refractivity contribution in [2.75, 3.05) is 26.3 Å². The second kappa shape index (κ2) is 7.62. The largest absolute Gasteiger partial charge is 0.378 e. The summed E-state index contributed by atoms with van der Waals surface area (Å²) in [6.45, 7) is 6.82. The molecule has 1 saturated heterocycles. The third-order valence-corrected chi connectivity index (χ3v) is 5.15. The normalized spacial score (nSPS) is 27.1. The molecule has 0 bridgehead atoms. The van der Waals surface area contributed by atoms with E-state index < -0.39 is 0 Å². The summed E-state index contributed by atoms with van der Waals surface area (Å²) in [5.41, 5.74) is 0.613. The summed E-state index contributed by atoms with van der Waals surface area (Å²) in [6, 6.07) is 5.70. The zero-order chi connectivity index (χ0) is 17.0. The monoisotopic (exact) mass is 332 g/mol. The molecule has 3 rings (SSSR count). The third-order valence-electron chi connectivity index (χ3n) is 5.15. The molecule has 1 aliphatic carbocycles. The highest BCUT2D eigenvalue weighted by Crippen LogP contribution is 2.41. The van der Waals surface area contributed by atoms with Crippen LogP contribution in [0.4, 0.5) is 0 Å². The van der Waals surface area contributed by atoms with Crippen molar-refractivity contribution in [1.82, 2.24) is 9.88 Å². The molecule has 1 aromatic rings. The highest BCUT2D eigenvalue weighted by Gasteiger charge is 2.47. The Morgan fingerprint density at radius 3 is 3.12 bits per heavy atom. The maximum absolute atomic E-state index is 12.7. The van der Waals surface area contributed by atoms with Crippen molar-refractivity contribution >= 4 is 5.91 Å². The summed E-state index contributed by atoms with van der Waals surface area (Å²) in [7, 11) is 0. The summed E-state index contributed by atoms with van der Waals surface area (Å²) in [4.78, 5) is 18.9. The van der Waals surface area contributed by atoms with Crippen molar-refractivity contribution in [2.45, 2.75) is 51.2 Å². The summed E-state index contributed by atoms with van der Waals surface area (Å²) in [6.07, 6.45) is 5.62. The Bertz CT molecular complexity index is 549. The van der Waals surface area contributed by atoms with E-state index in [0.717, 1.165) is 31.6 Å². The average Bonchev–Trinajstić information content (AvgIpc) is 2.95. The van der Waals surface area contributed by atoms with E-state index in [1.165, 1.54) is 0 Å². The van der Waals surface area contributed by atoms with E-state index in [2.05, 4.69) is 18.8 Å². The van der Waals surface area contributed by atoms with Crippen molar-refractivity contribution in [3.63, 3.8) is 0 Å². The summed E-state index contributed by atoms with van der Waals surface area (Å²) in [5.74, 6) is 0.525. The lowest BCUT2D eigenvalue weighted by atomic mass is 9.89. The van der Waals surface area contributed by atoms with Gasteiger partial charge in [-0.25, -0.2) is 0 Å². The number of carbonyl (C=O) groups excluding carboxylic acids is 1. The SMILES string of the molecule is CC(C)OC[C@@H]1CCC[C@@]12CN(C(=O)Cc1ccccn1)CCO2. The Hall–Kier alpha value is -1.46. The Kier molecular flexibility index (Phi) is 5.51. The van der Waals surface area contributed by atoms with E-state index in [4.69, 9.17) is 9.47 Å². The smallest absolute Gasteiger partial charge is 0.228 e. The van der Waals surface area contributed by atoms with Gasteiger partial charge >= 0.3 is 0 Å².